The third-order valence-electron chi connectivity index (χ3n) is 3.99. The fourth-order valence-corrected chi connectivity index (χ4v) is 2.59. The maximum absolute atomic E-state index is 12.2. The van der Waals surface area contributed by atoms with Crippen LogP contribution in [0.25, 0.3) is 11.0 Å². The van der Waals surface area contributed by atoms with Gasteiger partial charge in [-0.1, -0.05) is 0 Å². The highest BCUT2D eigenvalue weighted by molar-refractivity contribution is 5.95. The number of nitrogens with one attached hydrogen (secondary N) is 1. The van der Waals surface area contributed by atoms with Gasteiger partial charge in [0.05, 0.1) is 12.7 Å². The van der Waals surface area contributed by atoms with Gasteiger partial charge in [0.2, 0.25) is 5.91 Å². The highest BCUT2D eigenvalue weighted by atomic mass is 19.4. The molecule has 0 spiro atoms. The first-order valence-corrected chi connectivity index (χ1v) is 7.84. The van der Waals surface area contributed by atoms with E-state index in [4.69, 9.17) is 4.42 Å². The zero-order valence-electron chi connectivity index (χ0n) is 14.1. The van der Waals surface area contributed by atoms with Crippen molar-refractivity contribution in [2.45, 2.75) is 26.6 Å². The molecule has 4 nitrogen and oxygen atoms in total. The van der Waals surface area contributed by atoms with Crippen LogP contribution in [-0.2, 0) is 11.2 Å². The normalized spacial score (nSPS) is 11.6. The monoisotopic (exact) mass is 363 g/mol. The maximum atomic E-state index is 12.2. The number of benzene rings is 2. The molecular formula is C19H16F3NO3. The van der Waals surface area contributed by atoms with Crippen LogP contribution in [-0.4, -0.2) is 12.3 Å². The van der Waals surface area contributed by atoms with E-state index in [0.29, 0.717) is 11.3 Å². The van der Waals surface area contributed by atoms with E-state index < -0.39 is 6.36 Å². The first-order valence-electron chi connectivity index (χ1n) is 7.84. The molecule has 1 aromatic heterocycles. The number of hydrogen-bond donors (Lipinski definition) is 1. The summed E-state index contributed by atoms with van der Waals surface area (Å²) < 4.78 is 45.7. The van der Waals surface area contributed by atoms with Gasteiger partial charge in [0.1, 0.15) is 11.3 Å². The molecule has 0 unspecified atom stereocenters. The summed E-state index contributed by atoms with van der Waals surface area (Å²) in [7, 11) is 0. The topological polar surface area (TPSA) is 51.5 Å². The smallest absolute Gasteiger partial charge is 0.464 e. The Morgan fingerprint density at radius 1 is 1.12 bits per heavy atom. The second-order valence-corrected chi connectivity index (χ2v) is 5.99. The number of hydrogen-bond acceptors (Lipinski definition) is 3. The fraction of sp³-hybridized carbons (Fsp3) is 0.211. The van der Waals surface area contributed by atoms with Crippen molar-refractivity contribution in [2.24, 2.45) is 0 Å². The molecule has 0 aliphatic carbocycles. The molecule has 7 heteroatoms. The molecule has 0 aliphatic heterocycles. The molecule has 3 aromatic rings. The summed E-state index contributed by atoms with van der Waals surface area (Å²) in [5, 5.41) is 3.52. The molecule has 0 saturated heterocycles. The van der Waals surface area contributed by atoms with Gasteiger partial charge in [0, 0.05) is 16.6 Å². The lowest BCUT2D eigenvalue weighted by Gasteiger charge is -2.10. The van der Waals surface area contributed by atoms with Crippen LogP contribution in [0.5, 0.6) is 5.75 Å². The number of alkyl halides is 3. The lowest BCUT2D eigenvalue weighted by Crippen LogP contribution is -2.17. The number of amides is 1. The van der Waals surface area contributed by atoms with Gasteiger partial charge >= 0.3 is 6.36 Å². The van der Waals surface area contributed by atoms with Crippen molar-refractivity contribution < 1.29 is 27.1 Å². The van der Waals surface area contributed by atoms with Crippen molar-refractivity contribution in [3.8, 4) is 5.75 Å². The van der Waals surface area contributed by atoms with E-state index in [2.05, 4.69) is 10.1 Å². The lowest BCUT2D eigenvalue weighted by atomic mass is 10.0. The van der Waals surface area contributed by atoms with Crippen LogP contribution in [0.15, 0.2) is 47.1 Å². The number of anilines is 1. The molecule has 3 rings (SSSR count). The van der Waals surface area contributed by atoms with Crippen molar-refractivity contribution in [2.75, 3.05) is 5.32 Å². The summed E-state index contributed by atoms with van der Waals surface area (Å²) in [6.07, 6.45) is -3.11. The van der Waals surface area contributed by atoms with Crippen molar-refractivity contribution in [3.05, 3.63) is 59.4 Å². The minimum atomic E-state index is -4.75. The average Bonchev–Trinajstić information content (AvgIpc) is 2.90. The van der Waals surface area contributed by atoms with E-state index in [1.54, 1.807) is 6.26 Å². The summed E-state index contributed by atoms with van der Waals surface area (Å²) >= 11 is 0. The van der Waals surface area contributed by atoms with E-state index in [1.807, 2.05) is 26.0 Å². The van der Waals surface area contributed by atoms with Crippen LogP contribution in [0.4, 0.5) is 18.9 Å². The molecular weight excluding hydrogens is 347 g/mol. The van der Waals surface area contributed by atoms with Crippen LogP contribution in [0.3, 0.4) is 0 Å². The van der Waals surface area contributed by atoms with E-state index in [0.717, 1.165) is 34.2 Å². The van der Waals surface area contributed by atoms with Gasteiger partial charge in [0.25, 0.3) is 0 Å². The number of carbonyl (C=O) groups excluding carboxylic acids is 1. The number of ether oxygens (including phenoxy) is 1. The lowest BCUT2D eigenvalue weighted by molar-refractivity contribution is -0.274. The molecule has 0 fully saturated rings. The summed E-state index contributed by atoms with van der Waals surface area (Å²) in [5.41, 5.74) is 4.04. The van der Waals surface area contributed by atoms with E-state index >= 15 is 0 Å². The first kappa shape index (κ1) is 17.8. The van der Waals surface area contributed by atoms with Crippen molar-refractivity contribution in [1.82, 2.24) is 0 Å². The van der Waals surface area contributed by atoms with Gasteiger partial charge in [-0.05, 0) is 61.4 Å². The number of carbonyl (C=O) groups is 1. The quantitative estimate of drug-likeness (QED) is 0.699. The molecule has 1 amide bonds. The highest BCUT2D eigenvalue weighted by Gasteiger charge is 2.30. The number of halogens is 3. The van der Waals surface area contributed by atoms with Crippen molar-refractivity contribution >= 4 is 22.6 Å². The molecule has 0 bridgehead atoms. The predicted octanol–water partition coefficient (Wildman–Crippen LogP) is 5.13. The largest absolute Gasteiger partial charge is 0.573 e. The first-order chi connectivity index (χ1) is 12.2. The molecule has 136 valence electrons. The van der Waals surface area contributed by atoms with Gasteiger partial charge in [-0.15, -0.1) is 13.2 Å². The molecule has 1 heterocycles. The van der Waals surface area contributed by atoms with Crippen LogP contribution >= 0.6 is 0 Å². The molecule has 0 saturated carbocycles. The number of furan rings is 1. The second-order valence-electron chi connectivity index (χ2n) is 5.99. The van der Waals surface area contributed by atoms with Gasteiger partial charge in [-0.3, -0.25) is 4.79 Å². The standard InChI is InChI=1S/C19H16F3NO3/c1-11-7-16-13(10-25-17(16)8-12(11)2)9-18(24)23-14-3-5-15(6-4-14)26-19(20,21)22/h3-8,10H,9H2,1-2H3,(H,23,24). The van der Waals surface area contributed by atoms with E-state index in [-0.39, 0.29) is 18.1 Å². The third-order valence-corrected chi connectivity index (χ3v) is 3.99. The third kappa shape index (κ3) is 4.17. The Morgan fingerprint density at radius 3 is 2.42 bits per heavy atom. The van der Waals surface area contributed by atoms with E-state index in [9.17, 15) is 18.0 Å². The van der Waals surface area contributed by atoms with E-state index in [1.165, 1.54) is 12.1 Å². The SMILES string of the molecule is Cc1cc2occ(CC(=O)Nc3ccc(OC(F)(F)F)cc3)c2cc1C. The van der Waals surface area contributed by atoms with Crippen LogP contribution in [0.1, 0.15) is 16.7 Å². The molecule has 0 atom stereocenters. The Labute approximate surface area is 147 Å². The predicted molar refractivity (Wildman–Crippen MR) is 91.1 cm³/mol. The Balaban J connectivity index is 1.68. The van der Waals surface area contributed by atoms with Crippen LogP contribution in [0, 0.1) is 13.8 Å². The summed E-state index contributed by atoms with van der Waals surface area (Å²) in [4.78, 5) is 12.2. The number of rotatable bonds is 4. The summed E-state index contributed by atoms with van der Waals surface area (Å²) in [6.45, 7) is 3.96. The Hall–Kier alpha value is -2.96. The zero-order valence-corrected chi connectivity index (χ0v) is 14.1. The average molecular weight is 363 g/mol. The van der Waals surface area contributed by atoms with Gasteiger partial charge in [-0.25, -0.2) is 0 Å². The summed E-state index contributed by atoms with van der Waals surface area (Å²) in [6, 6.07) is 8.87. The van der Waals surface area contributed by atoms with Crippen LogP contribution < -0.4 is 10.1 Å². The highest BCUT2D eigenvalue weighted by Crippen LogP contribution is 2.26. The number of fused-ring (bicyclic) bond motifs is 1. The molecule has 1 N–H and O–H groups in total. The second kappa shape index (κ2) is 6.74. The molecule has 26 heavy (non-hydrogen) atoms. The Bertz CT molecular complexity index is 943. The van der Waals surface area contributed by atoms with Crippen molar-refractivity contribution in [1.29, 1.82) is 0 Å². The molecule has 0 aliphatic rings. The Kier molecular flexibility index (Phi) is 4.63. The van der Waals surface area contributed by atoms with Crippen LogP contribution in [0.2, 0.25) is 0 Å². The fourth-order valence-electron chi connectivity index (χ4n) is 2.59. The summed E-state index contributed by atoms with van der Waals surface area (Å²) in [5.74, 6) is -0.641. The minimum Gasteiger partial charge on any atom is -0.464 e. The van der Waals surface area contributed by atoms with Crippen molar-refractivity contribution in [3.63, 3.8) is 0 Å². The maximum Gasteiger partial charge on any atom is 0.573 e. The molecule has 2 aromatic carbocycles. The Morgan fingerprint density at radius 2 is 1.77 bits per heavy atom. The number of aryl methyl sites for hydroxylation is 2. The van der Waals surface area contributed by atoms with Gasteiger partial charge in [-0.2, -0.15) is 0 Å². The zero-order chi connectivity index (χ0) is 18.9. The van der Waals surface area contributed by atoms with Gasteiger partial charge < -0.3 is 14.5 Å². The molecule has 0 radical (unpaired) electrons. The minimum absolute atomic E-state index is 0.0936. The van der Waals surface area contributed by atoms with Gasteiger partial charge in [0.15, 0.2) is 0 Å².